The van der Waals surface area contributed by atoms with Crippen LogP contribution >= 0.6 is 0 Å². The van der Waals surface area contributed by atoms with E-state index in [1.54, 1.807) is 36.1 Å². The van der Waals surface area contributed by atoms with Gasteiger partial charge in [-0.05, 0) is 62.1 Å². The Balaban J connectivity index is 1.94. The molecule has 1 saturated heterocycles. The first-order valence-corrected chi connectivity index (χ1v) is 10.5. The molecule has 2 aromatic rings. The van der Waals surface area contributed by atoms with Gasteiger partial charge in [0.15, 0.2) is 0 Å². The van der Waals surface area contributed by atoms with Gasteiger partial charge in [0.05, 0.1) is 16.1 Å². The third kappa shape index (κ3) is 3.87. The highest BCUT2D eigenvalue weighted by molar-refractivity contribution is 7.92. The van der Waals surface area contributed by atoms with Gasteiger partial charge in [-0.2, -0.15) is 0 Å². The fourth-order valence-corrected chi connectivity index (χ4v) is 4.77. The molecule has 0 atom stereocenters. The van der Waals surface area contributed by atoms with Gasteiger partial charge in [-0.1, -0.05) is 12.1 Å². The number of hydrogen-bond donors (Lipinski definition) is 2. The molecule has 148 valence electrons. The number of piperidine rings is 1. The highest BCUT2D eigenvalue weighted by Crippen LogP contribution is 2.27. The second kappa shape index (κ2) is 7.63. The Labute approximate surface area is 164 Å². The maximum atomic E-state index is 12.9. The molecule has 0 spiro atoms. The van der Waals surface area contributed by atoms with Crippen molar-refractivity contribution < 1.29 is 23.1 Å². The summed E-state index contributed by atoms with van der Waals surface area (Å²) in [6, 6.07) is 9.53. The van der Waals surface area contributed by atoms with Crippen molar-refractivity contribution in [2.45, 2.75) is 38.0 Å². The molecule has 0 aromatic heterocycles. The molecule has 1 aliphatic rings. The van der Waals surface area contributed by atoms with Gasteiger partial charge in [-0.3, -0.25) is 9.52 Å². The Hall–Kier alpha value is -2.87. The van der Waals surface area contributed by atoms with Crippen LogP contribution in [0.4, 0.5) is 11.4 Å². The molecule has 1 fully saturated rings. The van der Waals surface area contributed by atoms with Crippen molar-refractivity contribution in [2.24, 2.45) is 0 Å². The van der Waals surface area contributed by atoms with E-state index in [0.29, 0.717) is 29.9 Å². The van der Waals surface area contributed by atoms with Gasteiger partial charge in [0.2, 0.25) is 5.91 Å². The van der Waals surface area contributed by atoms with Crippen LogP contribution in [0.1, 0.15) is 40.7 Å². The number of aryl methyl sites for hydroxylation is 1. The van der Waals surface area contributed by atoms with Gasteiger partial charge in [0.25, 0.3) is 10.0 Å². The standard InChI is InChI=1S/C20H22N2O5S/c1-13-9-10-17(14(2)19(13)20(24)25)28(26,27)21-15-6-5-7-16(12-15)22-11-4-3-8-18(22)23/h5-7,9-10,12,21H,3-4,8,11H2,1-2H3,(H,24,25). The van der Waals surface area contributed by atoms with Crippen LogP contribution in [0.2, 0.25) is 0 Å². The van der Waals surface area contributed by atoms with Gasteiger partial charge >= 0.3 is 5.97 Å². The molecule has 28 heavy (non-hydrogen) atoms. The first-order chi connectivity index (χ1) is 13.2. The molecule has 2 aromatic carbocycles. The lowest BCUT2D eigenvalue weighted by molar-refractivity contribution is -0.119. The van der Waals surface area contributed by atoms with E-state index in [1.807, 2.05) is 0 Å². The van der Waals surface area contributed by atoms with E-state index in [1.165, 1.54) is 19.1 Å². The summed E-state index contributed by atoms with van der Waals surface area (Å²) in [6.45, 7) is 3.71. The molecule has 1 heterocycles. The predicted molar refractivity (Wildman–Crippen MR) is 106 cm³/mol. The summed E-state index contributed by atoms with van der Waals surface area (Å²) < 4.78 is 28.2. The third-order valence-electron chi connectivity index (χ3n) is 4.86. The molecule has 0 bridgehead atoms. The second-order valence-electron chi connectivity index (χ2n) is 6.84. The molecule has 2 N–H and O–H groups in total. The minimum absolute atomic E-state index is 0.0180. The summed E-state index contributed by atoms with van der Waals surface area (Å²) in [6.07, 6.45) is 2.25. The number of rotatable bonds is 5. The molecule has 7 nitrogen and oxygen atoms in total. The summed E-state index contributed by atoms with van der Waals surface area (Å²) in [5, 5.41) is 9.38. The fourth-order valence-electron chi connectivity index (χ4n) is 3.47. The normalized spacial score (nSPS) is 14.8. The first-order valence-electron chi connectivity index (χ1n) is 8.97. The van der Waals surface area contributed by atoms with Crippen molar-refractivity contribution in [3.63, 3.8) is 0 Å². The Morgan fingerprint density at radius 1 is 1.14 bits per heavy atom. The third-order valence-corrected chi connectivity index (χ3v) is 6.39. The highest BCUT2D eigenvalue weighted by Gasteiger charge is 2.24. The van der Waals surface area contributed by atoms with Crippen LogP contribution in [0, 0.1) is 13.8 Å². The Kier molecular flexibility index (Phi) is 5.42. The van der Waals surface area contributed by atoms with Gasteiger partial charge in [-0.25, -0.2) is 13.2 Å². The van der Waals surface area contributed by atoms with Gasteiger partial charge in [0.1, 0.15) is 0 Å². The van der Waals surface area contributed by atoms with Crippen LogP contribution in [-0.2, 0) is 14.8 Å². The molecular formula is C20H22N2O5S. The zero-order valence-corrected chi connectivity index (χ0v) is 16.5. The summed E-state index contributed by atoms with van der Waals surface area (Å²) in [4.78, 5) is 25.2. The van der Waals surface area contributed by atoms with E-state index in [-0.39, 0.29) is 21.9 Å². The van der Waals surface area contributed by atoms with Crippen LogP contribution in [0.3, 0.4) is 0 Å². The van der Waals surface area contributed by atoms with Crippen molar-refractivity contribution in [3.8, 4) is 0 Å². The number of aromatic carboxylic acids is 1. The monoisotopic (exact) mass is 402 g/mol. The lowest BCUT2D eigenvalue weighted by atomic mass is 10.0. The van der Waals surface area contributed by atoms with E-state index in [2.05, 4.69) is 4.72 Å². The topological polar surface area (TPSA) is 104 Å². The molecule has 0 radical (unpaired) electrons. The average Bonchev–Trinajstić information content (AvgIpc) is 2.61. The van der Waals surface area contributed by atoms with E-state index in [0.717, 1.165) is 12.8 Å². The van der Waals surface area contributed by atoms with Crippen LogP contribution in [0.5, 0.6) is 0 Å². The van der Waals surface area contributed by atoms with E-state index < -0.39 is 16.0 Å². The summed E-state index contributed by atoms with van der Waals surface area (Å²) in [5.41, 5.74) is 1.61. The van der Waals surface area contributed by atoms with Gasteiger partial charge in [-0.15, -0.1) is 0 Å². The largest absolute Gasteiger partial charge is 0.478 e. The number of hydrogen-bond acceptors (Lipinski definition) is 4. The minimum Gasteiger partial charge on any atom is -0.478 e. The number of carboxylic acids is 1. The summed E-state index contributed by atoms with van der Waals surface area (Å²) in [5.74, 6) is -1.15. The van der Waals surface area contributed by atoms with Crippen LogP contribution in [-0.4, -0.2) is 31.9 Å². The van der Waals surface area contributed by atoms with E-state index in [4.69, 9.17) is 0 Å². The van der Waals surface area contributed by atoms with Gasteiger partial charge in [0, 0.05) is 18.7 Å². The smallest absolute Gasteiger partial charge is 0.336 e. The summed E-state index contributed by atoms with van der Waals surface area (Å²) >= 11 is 0. The van der Waals surface area contributed by atoms with E-state index >= 15 is 0 Å². The lowest BCUT2D eigenvalue weighted by Gasteiger charge is -2.27. The number of carbonyl (C=O) groups is 2. The van der Waals surface area contributed by atoms with Gasteiger partial charge < -0.3 is 10.0 Å². The van der Waals surface area contributed by atoms with Crippen molar-refractivity contribution >= 4 is 33.3 Å². The molecular weight excluding hydrogens is 380 g/mol. The van der Waals surface area contributed by atoms with Crippen molar-refractivity contribution in [1.82, 2.24) is 0 Å². The number of amides is 1. The zero-order chi connectivity index (χ0) is 20.5. The highest BCUT2D eigenvalue weighted by atomic mass is 32.2. The van der Waals surface area contributed by atoms with Crippen molar-refractivity contribution in [1.29, 1.82) is 0 Å². The molecule has 1 aliphatic heterocycles. The quantitative estimate of drug-likeness (QED) is 0.798. The maximum Gasteiger partial charge on any atom is 0.336 e. The fraction of sp³-hybridized carbons (Fsp3) is 0.300. The molecule has 8 heteroatoms. The van der Waals surface area contributed by atoms with Crippen LogP contribution < -0.4 is 9.62 Å². The van der Waals surface area contributed by atoms with Crippen molar-refractivity contribution in [2.75, 3.05) is 16.2 Å². The Morgan fingerprint density at radius 3 is 2.57 bits per heavy atom. The molecule has 3 rings (SSSR count). The predicted octanol–water partition coefficient (Wildman–Crippen LogP) is 3.32. The molecule has 0 aliphatic carbocycles. The number of carboxylic acid groups (broad SMARTS) is 1. The Morgan fingerprint density at radius 2 is 1.89 bits per heavy atom. The van der Waals surface area contributed by atoms with Crippen LogP contribution in [0.15, 0.2) is 41.3 Å². The summed E-state index contributed by atoms with van der Waals surface area (Å²) in [7, 11) is -3.99. The van der Waals surface area contributed by atoms with Crippen LogP contribution in [0.25, 0.3) is 0 Å². The van der Waals surface area contributed by atoms with E-state index in [9.17, 15) is 23.1 Å². The number of benzene rings is 2. The molecule has 0 saturated carbocycles. The molecule has 1 amide bonds. The number of carbonyl (C=O) groups excluding carboxylic acids is 1. The number of nitrogens with one attached hydrogen (secondary N) is 1. The second-order valence-corrected chi connectivity index (χ2v) is 8.49. The average molecular weight is 402 g/mol. The Bertz CT molecular complexity index is 1050. The first kappa shape index (κ1) is 19.9. The maximum absolute atomic E-state index is 12.9. The number of anilines is 2. The molecule has 0 unspecified atom stereocenters. The lowest BCUT2D eigenvalue weighted by Crippen LogP contribution is -2.35. The minimum atomic E-state index is -3.99. The van der Waals surface area contributed by atoms with Crippen molar-refractivity contribution in [3.05, 3.63) is 53.1 Å². The number of nitrogens with zero attached hydrogens (tertiary/aromatic N) is 1. The SMILES string of the molecule is Cc1ccc(S(=O)(=O)Nc2cccc(N3CCCCC3=O)c2)c(C)c1C(=O)O. The number of sulfonamides is 1. The zero-order valence-electron chi connectivity index (χ0n) is 15.7.